The van der Waals surface area contributed by atoms with Gasteiger partial charge < -0.3 is 9.47 Å². The smallest absolute Gasteiger partial charge is 0.338 e. The molecular formula is C15H22O5. The third-order valence-corrected chi connectivity index (χ3v) is 2.58. The van der Waals surface area contributed by atoms with Crippen molar-refractivity contribution in [2.75, 3.05) is 6.61 Å². The molecule has 0 N–H and O–H groups in total. The van der Waals surface area contributed by atoms with E-state index in [2.05, 4.69) is 11.3 Å². The molecule has 0 saturated heterocycles. The molecule has 0 radical (unpaired) electrons. The van der Waals surface area contributed by atoms with Crippen molar-refractivity contribution < 1.29 is 23.9 Å². The Bertz CT molecular complexity index is 370. The lowest BCUT2D eigenvalue weighted by Gasteiger charge is -2.09. The summed E-state index contributed by atoms with van der Waals surface area (Å²) in [5.41, 5.74) is 0. The fourth-order valence-electron chi connectivity index (χ4n) is 1.35. The highest BCUT2D eigenvalue weighted by atomic mass is 16.6. The van der Waals surface area contributed by atoms with Crippen LogP contribution in [0.3, 0.4) is 0 Å². The summed E-state index contributed by atoms with van der Waals surface area (Å²) in [6, 6.07) is 0. The molecule has 0 aromatic carbocycles. The summed E-state index contributed by atoms with van der Waals surface area (Å²) in [5, 5.41) is 0. The molecule has 0 aromatic rings. The van der Waals surface area contributed by atoms with Crippen LogP contribution in [-0.2, 0) is 23.9 Å². The van der Waals surface area contributed by atoms with Crippen LogP contribution >= 0.6 is 0 Å². The second-order valence-electron chi connectivity index (χ2n) is 4.22. The lowest BCUT2D eigenvalue weighted by atomic mass is 10.0. The first-order valence-electron chi connectivity index (χ1n) is 6.76. The predicted molar refractivity (Wildman–Crippen MR) is 74.7 cm³/mol. The van der Waals surface area contributed by atoms with Gasteiger partial charge in [0.2, 0.25) is 0 Å². The van der Waals surface area contributed by atoms with Gasteiger partial charge in [0.15, 0.2) is 0 Å². The molecule has 5 nitrogen and oxygen atoms in total. The van der Waals surface area contributed by atoms with E-state index < -0.39 is 17.9 Å². The van der Waals surface area contributed by atoms with Crippen LogP contribution in [0.25, 0.3) is 0 Å². The number of rotatable bonds is 9. The Balaban J connectivity index is 4.17. The summed E-state index contributed by atoms with van der Waals surface area (Å²) in [6.45, 7) is 7.64. The van der Waals surface area contributed by atoms with Gasteiger partial charge in [0.05, 0.1) is 12.5 Å². The molecule has 0 aliphatic heterocycles. The normalized spacial score (nSPS) is 11.9. The Hall–Kier alpha value is -1.91. The van der Waals surface area contributed by atoms with Crippen molar-refractivity contribution in [3.63, 3.8) is 0 Å². The first-order valence-corrected chi connectivity index (χ1v) is 6.76. The topological polar surface area (TPSA) is 69.7 Å². The van der Waals surface area contributed by atoms with Gasteiger partial charge in [0, 0.05) is 12.2 Å². The molecule has 0 bridgehead atoms. The molecule has 0 rings (SSSR count). The molecule has 0 saturated carbocycles. The van der Waals surface area contributed by atoms with Gasteiger partial charge in [0.1, 0.15) is 0 Å². The molecule has 1 atom stereocenters. The van der Waals surface area contributed by atoms with Gasteiger partial charge >= 0.3 is 17.9 Å². The fourth-order valence-corrected chi connectivity index (χ4v) is 1.35. The van der Waals surface area contributed by atoms with Crippen LogP contribution in [0.5, 0.6) is 0 Å². The van der Waals surface area contributed by atoms with E-state index in [9.17, 15) is 14.4 Å². The number of hydrogen-bond acceptors (Lipinski definition) is 5. The number of hydrogen-bond donors (Lipinski definition) is 0. The molecule has 0 aliphatic carbocycles. The van der Waals surface area contributed by atoms with E-state index in [1.54, 1.807) is 6.08 Å². The van der Waals surface area contributed by atoms with E-state index >= 15 is 0 Å². The summed E-state index contributed by atoms with van der Waals surface area (Å²) in [6.07, 6.45) is 6.14. The number of allylic oxidation sites excluding steroid dienone is 1. The van der Waals surface area contributed by atoms with Crippen molar-refractivity contribution in [2.24, 2.45) is 5.92 Å². The minimum Gasteiger partial charge on any atom is -0.463 e. The van der Waals surface area contributed by atoms with Crippen LogP contribution in [-0.4, -0.2) is 24.5 Å². The highest BCUT2D eigenvalue weighted by Crippen LogP contribution is 2.11. The quantitative estimate of drug-likeness (QED) is 0.214. The van der Waals surface area contributed by atoms with E-state index in [1.165, 1.54) is 0 Å². The van der Waals surface area contributed by atoms with Gasteiger partial charge in [-0.1, -0.05) is 26.3 Å². The number of unbranched alkanes of at least 4 members (excludes halogenated alkanes) is 1. The van der Waals surface area contributed by atoms with Crippen molar-refractivity contribution in [3.05, 3.63) is 24.8 Å². The summed E-state index contributed by atoms with van der Waals surface area (Å²) in [4.78, 5) is 34.1. The zero-order valence-corrected chi connectivity index (χ0v) is 12.1. The number of carbonyl (C=O) groups excluding carboxylic acids is 3. The van der Waals surface area contributed by atoms with Gasteiger partial charge in [0.25, 0.3) is 0 Å². The third-order valence-electron chi connectivity index (χ3n) is 2.58. The maximum atomic E-state index is 11.6. The Kier molecular flexibility index (Phi) is 9.92. The van der Waals surface area contributed by atoms with Gasteiger partial charge in [-0.2, -0.15) is 0 Å². The lowest BCUT2D eigenvalue weighted by molar-refractivity contribution is -0.159. The van der Waals surface area contributed by atoms with E-state index in [1.807, 2.05) is 13.8 Å². The van der Waals surface area contributed by atoms with Crippen molar-refractivity contribution >= 4 is 17.9 Å². The third kappa shape index (κ3) is 8.24. The van der Waals surface area contributed by atoms with Crippen molar-refractivity contribution in [3.8, 4) is 0 Å². The highest BCUT2D eigenvalue weighted by molar-refractivity contribution is 5.96. The van der Waals surface area contributed by atoms with Gasteiger partial charge in [-0.05, 0) is 19.3 Å². The summed E-state index contributed by atoms with van der Waals surface area (Å²) < 4.78 is 9.43. The van der Waals surface area contributed by atoms with Crippen LogP contribution in [0.4, 0.5) is 0 Å². The minimum atomic E-state index is -0.870. The molecule has 20 heavy (non-hydrogen) atoms. The Morgan fingerprint density at radius 1 is 1.15 bits per heavy atom. The van der Waals surface area contributed by atoms with Gasteiger partial charge in [-0.3, -0.25) is 4.79 Å². The van der Waals surface area contributed by atoms with Crippen LogP contribution in [0.15, 0.2) is 24.8 Å². The molecule has 0 amide bonds. The molecule has 1 unspecified atom stereocenters. The first kappa shape index (κ1) is 18.1. The van der Waals surface area contributed by atoms with E-state index in [4.69, 9.17) is 4.74 Å². The molecule has 0 fully saturated rings. The SMILES string of the molecule is C=CCC(CC)C(=O)OC(=O)/C=C\C(=O)OCCCC. The Morgan fingerprint density at radius 3 is 2.35 bits per heavy atom. The summed E-state index contributed by atoms with van der Waals surface area (Å²) in [7, 11) is 0. The second-order valence-corrected chi connectivity index (χ2v) is 4.22. The zero-order chi connectivity index (χ0) is 15.4. The molecular weight excluding hydrogens is 260 g/mol. The van der Waals surface area contributed by atoms with Crippen LogP contribution in [0, 0.1) is 5.92 Å². The van der Waals surface area contributed by atoms with Crippen LogP contribution < -0.4 is 0 Å². The largest absolute Gasteiger partial charge is 0.463 e. The predicted octanol–water partition coefficient (Wildman–Crippen LogP) is 2.56. The van der Waals surface area contributed by atoms with Crippen LogP contribution in [0.1, 0.15) is 39.5 Å². The highest BCUT2D eigenvalue weighted by Gasteiger charge is 2.18. The number of esters is 3. The second kappa shape index (κ2) is 11.0. The summed E-state index contributed by atoms with van der Waals surface area (Å²) >= 11 is 0. The molecule has 0 heterocycles. The van der Waals surface area contributed by atoms with Gasteiger partial charge in [-0.25, -0.2) is 9.59 Å². The molecule has 0 aromatic heterocycles. The zero-order valence-electron chi connectivity index (χ0n) is 12.1. The number of carbonyl (C=O) groups is 3. The van der Waals surface area contributed by atoms with Crippen molar-refractivity contribution in [1.82, 2.24) is 0 Å². The van der Waals surface area contributed by atoms with E-state index in [0.717, 1.165) is 25.0 Å². The fraction of sp³-hybridized carbons (Fsp3) is 0.533. The summed E-state index contributed by atoms with van der Waals surface area (Å²) in [5.74, 6) is -2.49. The van der Waals surface area contributed by atoms with E-state index in [0.29, 0.717) is 19.4 Å². The van der Waals surface area contributed by atoms with E-state index in [-0.39, 0.29) is 5.92 Å². The molecule has 5 heteroatoms. The Labute approximate surface area is 119 Å². The molecule has 112 valence electrons. The first-order chi connectivity index (χ1) is 9.54. The average Bonchev–Trinajstić information content (AvgIpc) is 2.42. The Morgan fingerprint density at radius 2 is 1.80 bits per heavy atom. The molecule has 0 spiro atoms. The lowest BCUT2D eigenvalue weighted by Crippen LogP contribution is -2.19. The maximum Gasteiger partial charge on any atom is 0.338 e. The van der Waals surface area contributed by atoms with Crippen molar-refractivity contribution in [1.29, 1.82) is 0 Å². The van der Waals surface area contributed by atoms with Crippen LogP contribution in [0.2, 0.25) is 0 Å². The molecule has 0 aliphatic rings. The minimum absolute atomic E-state index is 0.310. The average molecular weight is 282 g/mol. The van der Waals surface area contributed by atoms with Crippen molar-refractivity contribution in [2.45, 2.75) is 39.5 Å². The number of ether oxygens (including phenoxy) is 2. The maximum absolute atomic E-state index is 11.6. The standard InChI is InChI=1S/C15H22O5/c1-4-7-11-19-13(16)9-10-14(17)20-15(18)12(6-3)8-5-2/h5,9-10,12H,2,4,6-8,11H2,1,3H3/b10-9-. The monoisotopic (exact) mass is 282 g/mol. The van der Waals surface area contributed by atoms with Gasteiger partial charge in [-0.15, -0.1) is 6.58 Å².